The monoisotopic (exact) mass is 348 g/mol. The summed E-state index contributed by atoms with van der Waals surface area (Å²) in [7, 11) is 2.08. The molecule has 1 aliphatic heterocycles. The number of carbonyl (C=O) groups excluding carboxylic acids is 1. The highest BCUT2D eigenvalue weighted by Gasteiger charge is 2.57. The lowest BCUT2D eigenvalue weighted by Crippen LogP contribution is -2.40. The minimum absolute atomic E-state index is 0.0646. The third-order valence-electron chi connectivity index (χ3n) is 5.83. The Hall–Kier alpha value is -2.96. The van der Waals surface area contributed by atoms with E-state index in [1.807, 2.05) is 29.3 Å². The Kier molecular flexibility index (Phi) is 3.25. The van der Waals surface area contributed by atoms with Crippen molar-refractivity contribution in [1.82, 2.24) is 24.8 Å². The van der Waals surface area contributed by atoms with Crippen LogP contribution in [0.15, 0.2) is 43.1 Å². The molecule has 3 aromatic heterocycles. The van der Waals surface area contributed by atoms with Crippen LogP contribution in [0.5, 0.6) is 0 Å². The largest absolute Gasteiger partial charge is 0.354 e. The van der Waals surface area contributed by atoms with Gasteiger partial charge in [0.15, 0.2) is 0 Å². The van der Waals surface area contributed by atoms with Gasteiger partial charge in [-0.25, -0.2) is 9.97 Å². The predicted molar refractivity (Wildman–Crippen MR) is 97.9 cm³/mol. The average molecular weight is 348 g/mol. The molecule has 1 saturated heterocycles. The van der Waals surface area contributed by atoms with Gasteiger partial charge in [0, 0.05) is 44.1 Å². The molecule has 0 aromatic carbocycles. The number of nitrogens with zero attached hydrogens (tertiary/aromatic N) is 5. The quantitative estimate of drug-likeness (QED) is 0.784. The summed E-state index contributed by atoms with van der Waals surface area (Å²) in [6.45, 7) is 1.51. The van der Waals surface area contributed by atoms with Crippen LogP contribution in [-0.2, 0) is 0 Å². The van der Waals surface area contributed by atoms with Gasteiger partial charge in [0.2, 0.25) is 0 Å². The highest BCUT2D eigenvalue weighted by molar-refractivity contribution is 5.94. The Balaban J connectivity index is 1.44. The number of aromatic nitrogens is 4. The Morgan fingerprint density at radius 3 is 3.00 bits per heavy atom. The molecule has 7 heteroatoms. The van der Waals surface area contributed by atoms with E-state index in [-0.39, 0.29) is 17.4 Å². The number of likely N-dealkylation sites (N-methyl/N-ethyl adjacent to an activating group) is 1. The average Bonchev–Trinajstić information content (AvgIpc) is 3.12. The first-order valence-electron chi connectivity index (χ1n) is 8.88. The highest BCUT2D eigenvalue weighted by Crippen LogP contribution is 2.55. The number of fused-ring (bicyclic) bond motifs is 1. The number of rotatable bonds is 3. The number of hydrogen-bond donors (Lipinski definition) is 1. The van der Waals surface area contributed by atoms with Crippen molar-refractivity contribution < 1.29 is 4.79 Å². The molecule has 26 heavy (non-hydrogen) atoms. The molecule has 1 N–H and O–H groups in total. The number of likely N-dealkylation sites (tertiary alicyclic amines) is 1. The summed E-state index contributed by atoms with van der Waals surface area (Å²) < 4.78 is 0. The molecule has 7 nitrogen and oxygen atoms in total. The van der Waals surface area contributed by atoms with Gasteiger partial charge in [0.25, 0.3) is 5.91 Å². The topological polar surface area (TPSA) is 78.0 Å². The van der Waals surface area contributed by atoms with E-state index in [2.05, 4.69) is 31.9 Å². The number of pyridine rings is 1. The molecule has 2 aliphatic rings. The summed E-state index contributed by atoms with van der Waals surface area (Å²) in [5.41, 5.74) is 1.68. The van der Waals surface area contributed by atoms with Crippen molar-refractivity contribution in [3.05, 3.63) is 48.7 Å². The zero-order valence-electron chi connectivity index (χ0n) is 14.6. The first kappa shape index (κ1) is 15.3. The second-order valence-electron chi connectivity index (χ2n) is 7.35. The lowest BCUT2D eigenvalue weighted by Gasteiger charge is -2.30. The molecule has 0 radical (unpaired) electrons. The SMILES string of the molecule is CN(c1ncnc2[nH]ccc12)[C@H]1CN(C(=O)c2cccnc2)CC12CC2. The normalized spacial score (nSPS) is 20.7. The maximum Gasteiger partial charge on any atom is 0.255 e. The van der Waals surface area contributed by atoms with Gasteiger partial charge in [0.05, 0.1) is 17.0 Å². The van der Waals surface area contributed by atoms with Crippen LogP contribution in [0.4, 0.5) is 5.82 Å². The van der Waals surface area contributed by atoms with Crippen molar-refractivity contribution in [2.24, 2.45) is 5.41 Å². The summed E-state index contributed by atoms with van der Waals surface area (Å²) >= 11 is 0. The zero-order chi connectivity index (χ0) is 17.7. The number of aromatic amines is 1. The molecular weight excluding hydrogens is 328 g/mol. The van der Waals surface area contributed by atoms with Crippen molar-refractivity contribution in [2.75, 3.05) is 25.0 Å². The van der Waals surface area contributed by atoms with Gasteiger partial charge in [-0.1, -0.05) is 0 Å². The maximum absolute atomic E-state index is 12.9. The predicted octanol–water partition coefficient (Wildman–Crippen LogP) is 2.09. The molecule has 1 spiro atoms. The van der Waals surface area contributed by atoms with E-state index in [4.69, 9.17) is 0 Å². The van der Waals surface area contributed by atoms with Crippen molar-refractivity contribution in [3.8, 4) is 0 Å². The third kappa shape index (κ3) is 2.27. The van der Waals surface area contributed by atoms with Crippen LogP contribution in [0.25, 0.3) is 11.0 Å². The smallest absolute Gasteiger partial charge is 0.255 e. The van der Waals surface area contributed by atoms with Gasteiger partial charge >= 0.3 is 0 Å². The standard InChI is InChI=1S/C19H20N6O/c1-24(17-14-4-8-21-16(14)22-12-23-17)15-10-25(11-19(15)5-6-19)18(26)13-3-2-7-20-9-13/h2-4,7-9,12,15H,5-6,10-11H2,1H3,(H,21,22,23)/t15-/m0/s1. The lowest BCUT2D eigenvalue weighted by atomic mass is 9.99. The molecule has 1 saturated carbocycles. The highest BCUT2D eigenvalue weighted by atomic mass is 16.2. The van der Waals surface area contributed by atoms with Crippen molar-refractivity contribution >= 4 is 22.8 Å². The molecule has 4 heterocycles. The first-order chi connectivity index (χ1) is 12.7. The number of carbonyl (C=O) groups is 1. The van der Waals surface area contributed by atoms with Crippen molar-refractivity contribution in [3.63, 3.8) is 0 Å². The van der Waals surface area contributed by atoms with Crippen LogP contribution in [0.1, 0.15) is 23.2 Å². The van der Waals surface area contributed by atoms with Gasteiger partial charge < -0.3 is 14.8 Å². The van der Waals surface area contributed by atoms with Gasteiger partial charge in [-0.15, -0.1) is 0 Å². The number of amides is 1. The van der Waals surface area contributed by atoms with Crippen LogP contribution in [0.3, 0.4) is 0 Å². The molecule has 132 valence electrons. The van der Waals surface area contributed by atoms with Crippen LogP contribution >= 0.6 is 0 Å². The second kappa shape index (κ2) is 5.52. The van der Waals surface area contributed by atoms with E-state index in [0.717, 1.165) is 36.2 Å². The summed E-state index contributed by atoms with van der Waals surface area (Å²) in [6, 6.07) is 5.91. The molecule has 1 atom stereocenters. The second-order valence-corrected chi connectivity index (χ2v) is 7.35. The zero-order valence-corrected chi connectivity index (χ0v) is 14.6. The minimum atomic E-state index is 0.0646. The number of hydrogen-bond acceptors (Lipinski definition) is 5. The molecule has 1 aliphatic carbocycles. The molecule has 3 aromatic rings. The van der Waals surface area contributed by atoms with Gasteiger partial charge in [-0.2, -0.15) is 0 Å². The van der Waals surface area contributed by atoms with Crippen LogP contribution in [0, 0.1) is 5.41 Å². The van der Waals surface area contributed by atoms with E-state index >= 15 is 0 Å². The molecule has 0 bridgehead atoms. The van der Waals surface area contributed by atoms with Crippen LogP contribution in [0.2, 0.25) is 0 Å². The van der Waals surface area contributed by atoms with Crippen molar-refractivity contribution in [2.45, 2.75) is 18.9 Å². The minimum Gasteiger partial charge on any atom is -0.354 e. The number of nitrogens with one attached hydrogen (secondary N) is 1. The van der Waals surface area contributed by atoms with E-state index in [1.54, 1.807) is 18.7 Å². The lowest BCUT2D eigenvalue weighted by molar-refractivity contribution is 0.0784. The molecule has 5 rings (SSSR count). The fraction of sp³-hybridized carbons (Fsp3) is 0.368. The number of anilines is 1. The van der Waals surface area contributed by atoms with E-state index in [1.165, 1.54) is 0 Å². The van der Waals surface area contributed by atoms with Gasteiger partial charge in [-0.05, 0) is 31.0 Å². The number of H-pyrrole nitrogens is 1. The fourth-order valence-electron chi connectivity index (χ4n) is 4.25. The van der Waals surface area contributed by atoms with Crippen LogP contribution in [-0.4, -0.2) is 56.9 Å². The molecule has 1 amide bonds. The Labute approximate surface area is 151 Å². The molecule has 0 unspecified atom stereocenters. The molecule has 2 fully saturated rings. The van der Waals surface area contributed by atoms with Crippen LogP contribution < -0.4 is 4.90 Å². The molecular formula is C19H20N6O. The Morgan fingerprint density at radius 1 is 1.35 bits per heavy atom. The summed E-state index contributed by atoms with van der Waals surface area (Å²) in [6.07, 6.45) is 9.12. The van der Waals surface area contributed by atoms with E-state index in [9.17, 15) is 4.79 Å². The fourth-order valence-corrected chi connectivity index (χ4v) is 4.25. The van der Waals surface area contributed by atoms with Gasteiger partial charge in [-0.3, -0.25) is 9.78 Å². The Morgan fingerprint density at radius 2 is 2.23 bits per heavy atom. The summed E-state index contributed by atoms with van der Waals surface area (Å²) in [5.74, 6) is 0.984. The van der Waals surface area contributed by atoms with Gasteiger partial charge in [0.1, 0.15) is 17.8 Å². The Bertz CT molecular complexity index is 964. The summed E-state index contributed by atoms with van der Waals surface area (Å²) in [4.78, 5) is 33.1. The summed E-state index contributed by atoms with van der Waals surface area (Å²) in [5, 5.41) is 1.02. The van der Waals surface area contributed by atoms with Crippen molar-refractivity contribution in [1.29, 1.82) is 0 Å². The third-order valence-corrected chi connectivity index (χ3v) is 5.83. The van der Waals surface area contributed by atoms with E-state index in [0.29, 0.717) is 12.1 Å². The maximum atomic E-state index is 12.9. The van der Waals surface area contributed by atoms with E-state index < -0.39 is 0 Å². The first-order valence-corrected chi connectivity index (χ1v) is 8.88.